The molecule has 4 amide bonds. The molecular formula is C21H23N5O4. The average molecular weight is 409 g/mol. The molecule has 1 atom stereocenters. The zero-order valence-electron chi connectivity index (χ0n) is 17.0. The number of amides is 4. The van der Waals surface area contributed by atoms with E-state index in [-0.39, 0.29) is 18.9 Å². The van der Waals surface area contributed by atoms with Gasteiger partial charge in [-0.05, 0) is 43.2 Å². The molecule has 3 N–H and O–H groups in total. The summed E-state index contributed by atoms with van der Waals surface area (Å²) in [5.41, 5.74) is 9.31. The minimum atomic E-state index is -0.549. The molecule has 0 saturated carbocycles. The van der Waals surface area contributed by atoms with Crippen LogP contribution in [0.25, 0.3) is 0 Å². The normalized spacial score (nSPS) is 17.0. The highest BCUT2D eigenvalue weighted by Gasteiger charge is 2.29. The second kappa shape index (κ2) is 7.58. The number of nitrogens with one attached hydrogen (secondary N) is 1. The molecule has 0 spiro atoms. The molecule has 9 nitrogen and oxygen atoms in total. The third-order valence-corrected chi connectivity index (χ3v) is 5.27. The first-order valence-electron chi connectivity index (χ1n) is 9.55. The number of anilines is 1. The molecule has 0 aromatic heterocycles. The summed E-state index contributed by atoms with van der Waals surface area (Å²) in [6.45, 7) is 2.12. The molecule has 2 aliphatic rings. The molecule has 2 aromatic rings. The van der Waals surface area contributed by atoms with Gasteiger partial charge >= 0.3 is 12.1 Å². The van der Waals surface area contributed by atoms with Crippen LogP contribution in [0.5, 0.6) is 11.5 Å². The van der Waals surface area contributed by atoms with Crippen molar-refractivity contribution in [1.82, 2.24) is 10.3 Å². The molecule has 4 rings (SSSR count). The standard InChI is InChI=1S/C21H23N5O4/c1-12-8-14-9-17-18(30-11-29-17)10-16(14)19(24-26(12)21(28)23-2)13-4-6-15(7-5-13)25(3)20(22)27/h4-7,9-10,12H,8,11H2,1-3H3,(H2,22,27)(H,23,28). The summed E-state index contributed by atoms with van der Waals surface area (Å²) in [4.78, 5) is 25.3. The van der Waals surface area contributed by atoms with Crippen LogP contribution in [0.15, 0.2) is 41.5 Å². The second-order valence-electron chi connectivity index (χ2n) is 7.21. The fourth-order valence-corrected chi connectivity index (χ4v) is 3.58. The Labute approximate surface area is 174 Å². The Balaban J connectivity index is 1.84. The van der Waals surface area contributed by atoms with E-state index < -0.39 is 6.03 Å². The smallest absolute Gasteiger partial charge is 0.337 e. The van der Waals surface area contributed by atoms with Crippen molar-refractivity contribution in [3.8, 4) is 11.5 Å². The Morgan fingerprint density at radius 2 is 1.87 bits per heavy atom. The van der Waals surface area contributed by atoms with Gasteiger partial charge in [-0.3, -0.25) is 4.90 Å². The summed E-state index contributed by atoms with van der Waals surface area (Å²) in [6.07, 6.45) is 0.606. The van der Waals surface area contributed by atoms with E-state index in [1.54, 1.807) is 26.2 Å². The molecule has 2 aromatic carbocycles. The molecule has 0 bridgehead atoms. The first kappa shape index (κ1) is 19.6. The van der Waals surface area contributed by atoms with Gasteiger partial charge in [0.2, 0.25) is 6.79 Å². The van der Waals surface area contributed by atoms with Crippen LogP contribution in [0.1, 0.15) is 23.6 Å². The zero-order chi connectivity index (χ0) is 21.4. The molecule has 0 radical (unpaired) electrons. The number of hydrogen-bond acceptors (Lipinski definition) is 5. The third-order valence-electron chi connectivity index (χ3n) is 5.27. The van der Waals surface area contributed by atoms with E-state index in [1.807, 2.05) is 31.2 Å². The molecule has 1 unspecified atom stereocenters. The summed E-state index contributed by atoms with van der Waals surface area (Å²) in [5, 5.41) is 8.81. The maximum absolute atomic E-state index is 12.5. The van der Waals surface area contributed by atoms with Gasteiger partial charge in [-0.15, -0.1) is 0 Å². The summed E-state index contributed by atoms with van der Waals surface area (Å²) in [6, 6.07) is 10.1. The van der Waals surface area contributed by atoms with E-state index >= 15 is 0 Å². The number of benzene rings is 2. The summed E-state index contributed by atoms with van der Waals surface area (Å²) in [7, 11) is 3.18. The highest BCUT2D eigenvalue weighted by molar-refractivity contribution is 6.14. The van der Waals surface area contributed by atoms with Gasteiger partial charge in [0, 0.05) is 30.9 Å². The Kier molecular flexibility index (Phi) is 4.94. The maximum Gasteiger partial charge on any atom is 0.337 e. The van der Waals surface area contributed by atoms with E-state index in [1.165, 1.54) is 9.91 Å². The number of fused-ring (bicyclic) bond motifs is 2. The largest absolute Gasteiger partial charge is 0.454 e. The molecule has 0 aliphatic carbocycles. The van der Waals surface area contributed by atoms with E-state index in [9.17, 15) is 9.59 Å². The van der Waals surface area contributed by atoms with Gasteiger partial charge in [0.05, 0.1) is 11.8 Å². The maximum atomic E-state index is 12.5. The summed E-state index contributed by atoms with van der Waals surface area (Å²) < 4.78 is 11.1. The SMILES string of the molecule is CNC(=O)N1N=C(c2ccc(N(C)C(N)=O)cc2)c2cc3c(cc2CC1C)OCO3. The number of nitrogens with zero attached hydrogens (tertiary/aromatic N) is 3. The highest BCUT2D eigenvalue weighted by atomic mass is 16.7. The lowest BCUT2D eigenvalue weighted by molar-refractivity contribution is 0.174. The van der Waals surface area contributed by atoms with Crippen LogP contribution in [0.2, 0.25) is 0 Å². The van der Waals surface area contributed by atoms with Crippen molar-refractivity contribution < 1.29 is 19.1 Å². The number of carbonyl (C=O) groups excluding carboxylic acids is 2. The van der Waals surface area contributed by atoms with Gasteiger partial charge in [0.15, 0.2) is 11.5 Å². The zero-order valence-corrected chi connectivity index (χ0v) is 17.0. The predicted molar refractivity (Wildman–Crippen MR) is 112 cm³/mol. The van der Waals surface area contributed by atoms with E-state index in [0.717, 1.165) is 16.7 Å². The lowest BCUT2D eigenvalue weighted by atomic mass is 9.94. The van der Waals surface area contributed by atoms with Crippen LogP contribution < -0.4 is 25.4 Å². The van der Waals surface area contributed by atoms with Crippen molar-refractivity contribution in [2.45, 2.75) is 19.4 Å². The molecular weight excluding hydrogens is 386 g/mol. The Hall–Kier alpha value is -3.75. The van der Waals surface area contributed by atoms with Gasteiger partial charge in [-0.1, -0.05) is 12.1 Å². The van der Waals surface area contributed by atoms with Crippen molar-refractivity contribution >= 4 is 23.5 Å². The van der Waals surface area contributed by atoms with Crippen molar-refractivity contribution in [1.29, 1.82) is 0 Å². The highest BCUT2D eigenvalue weighted by Crippen LogP contribution is 2.37. The number of rotatable bonds is 2. The monoisotopic (exact) mass is 409 g/mol. The number of nitrogens with two attached hydrogens (primary N) is 1. The van der Waals surface area contributed by atoms with Crippen molar-refractivity contribution in [3.63, 3.8) is 0 Å². The van der Waals surface area contributed by atoms with Crippen LogP contribution in [0.3, 0.4) is 0 Å². The molecule has 2 heterocycles. The second-order valence-corrected chi connectivity index (χ2v) is 7.21. The van der Waals surface area contributed by atoms with Crippen molar-refractivity contribution in [2.75, 3.05) is 25.8 Å². The van der Waals surface area contributed by atoms with Crippen LogP contribution >= 0.6 is 0 Å². The van der Waals surface area contributed by atoms with Crippen LogP contribution in [-0.4, -0.2) is 49.7 Å². The van der Waals surface area contributed by atoms with Crippen LogP contribution in [0.4, 0.5) is 15.3 Å². The molecule has 30 heavy (non-hydrogen) atoms. The van der Waals surface area contributed by atoms with Crippen LogP contribution in [0, 0.1) is 0 Å². The molecule has 9 heteroatoms. The minimum absolute atomic E-state index is 0.165. The van der Waals surface area contributed by atoms with E-state index in [2.05, 4.69) is 5.32 Å². The lowest BCUT2D eigenvalue weighted by Gasteiger charge is -2.22. The molecule has 0 saturated heterocycles. The predicted octanol–water partition coefficient (Wildman–Crippen LogP) is 2.27. The summed E-state index contributed by atoms with van der Waals surface area (Å²) in [5.74, 6) is 1.33. The Morgan fingerprint density at radius 1 is 1.20 bits per heavy atom. The fraction of sp³-hybridized carbons (Fsp3) is 0.286. The molecule has 2 aliphatic heterocycles. The van der Waals surface area contributed by atoms with Gasteiger partial charge in [-0.2, -0.15) is 5.10 Å². The van der Waals surface area contributed by atoms with Gasteiger partial charge < -0.3 is 20.5 Å². The number of hydrogen-bond donors (Lipinski definition) is 2. The first-order chi connectivity index (χ1) is 14.4. The van der Waals surface area contributed by atoms with Gasteiger partial charge in [0.1, 0.15) is 0 Å². The Morgan fingerprint density at radius 3 is 2.50 bits per heavy atom. The fourth-order valence-electron chi connectivity index (χ4n) is 3.58. The van der Waals surface area contributed by atoms with E-state index in [0.29, 0.717) is 29.3 Å². The van der Waals surface area contributed by atoms with Crippen LogP contribution in [-0.2, 0) is 6.42 Å². The number of hydrazone groups is 1. The summed E-state index contributed by atoms with van der Waals surface area (Å²) >= 11 is 0. The topological polar surface area (TPSA) is 109 Å². The first-order valence-corrected chi connectivity index (χ1v) is 9.55. The average Bonchev–Trinajstić information content (AvgIpc) is 3.14. The molecule has 0 fully saturated rings. The molecule has 156 valence electrons. The van der Waals surface area contributed by atoms with Crippen molar-refractivity contribution in [3.05, 3.63) is 53.1 Å². The third kappa shape index (κ3) is 3.38. The number of primary amides is 1. The number of ether oxygens (including phenoxy) is 2. The quantitative estimate of drug-likeness (QED) is 0.793. The number of urea groups is 2. The van der Waals surface area contributed by atoms with Crippen molar-refractivity contribution in [2.24, 2.45) is 10.8 Å². The lowest BCUT2D eigenvalue weighted by Crippen LogP contribution is -2.41. The Bertz CT molecular complexity index is 1030. The van der Waals surface area contributed by atoms with Gasteiger partial charge in [-0.25, -0.2) is 14.6 Å². The van der Waals surface area contributed by atoms with E-state index in [4.69, 9.17) is 20.3 Å². The minimum Gasteiger partial charge on any atom is -0.454 e. The number of carbonyl (C=O) groups is 2. The van der Waals surface area contributed by atoms with Gasteiger partial charge in [0.25, 0.3) is 0 Å².